The van der Waals surface area contributed by atoms with Gasteiger partial charge in [-0.3, -0.25) is 0 Å². The van der Waals surface area contributed by atoms with Crippen molar-refractivity contribution < 1.29 is 17.9 Å². The highest BCUT2D eigenvalue weighted by molar-refractivity contribution is 7.22. The van der Waals surface area contributed by atoms with Crippen molar-refractivity contribution in [2.45, 2.75) is 6.18 Å². The van der Waals surface area contributed by atoms with Crippen molar-refractivity contribution in [1.29, 1.82) is 0 Å². The standard InChI is InChI=1S/C12H12F3N3OS/c1-19-6-8(5-16)17-11-18-9-3-2-7(12(13,14)15)4-10(9)20-11/h2-4,6H,5,16H2,1H3,(H,17,18)/b8-6+. The Morgan fingerprint density at radius 1 is 1.50 bits per heavy atom. The number of fused-ring (bicyclic) bond motifs is 1. The normalized spacial score (nSPS) is 12.8. The van der Waals surface area contributed by atoms with E-state index in [-0.39, 0.29) is 6.54 Å². The predicted octanol–water partition coefficient (Wildman–Crippen LogP) is 3.17. The van der Waals surface area contributed by atoms with Gasteiger partial charge in [0.1, 0.15) is 6.26 Å². The van der Waals surface area contributed by atoms with Crippen molar-refractivity contribution in [3.8, 4) is 0 Å². The van der Waals surface area contributed by atoms with Crippen LogP contribution in [0.1, 0.15) is 5.56 Å². The van der Waals surface area contributed by atoms with E-state index >= 15 is 0 Å². The van der Waals surface area contributed by atoms with E-state index in [0.717, 1.165) is 23.5 Å². The first-order valence-corrected chi connectivity index (χ1v) is 6.42. The van der Waals surface area contributed by atoms with Gasteiger partial charge >= 0.3 is 6.18 Å². The van der Waals surface area contributed by atoms with Crippen LogP contribution in [0, 0.1) is 0 Å². The molecule has 1 aromatic carbocycles. The van der Waals surface area contributed by atoms with E-state index in [1.807, 2.05) is 0 Å². The number of hydrogen-bond donors (Lipinski definition) is 2. The van der Waals surface area contributed by atoms with Crippen LogP contribution in [0.25, 0.3) is 10.2 Å². The number of anilines is 1. The van der Waals surface area contributed by atoms with Gasteiger partial charge in [-0.15, -0.1) is 0 Å². The average Bonchev–Trinajstić information content (AvgIpc) is 2.78. The number of methoxy groups -OCH3 is 1. The fourth-order valence-corrected chi connectivity index (χ4v) is 2.50. The maximum absolute atomic E-state index is 12.6. The van der Waals surface area contributed by atoms with Gasteiger partial charge in [-0.1, -0.05) is 11.3 Å². The van der Waals surface area contributed by atoms with Crippen LogP contribution in [-0.4, -0.2) is 18.6 Å². The molecule has 0 amide bonds. The molecule has 0 aliphatic rings. The van der Waals surface area contributed by atoms with Crippen molar-refractivity contribution >= 4 is 26.7 Å². The Balaban J connectivity index is 2.32. The minimum absolute atomic E-state index is 0.206. The van der Waals surface area contributed by atoms with Gasteiger partial charge in [0, 0.05) is 6.54 Å². The smallest absolute Gasteiger partial charge is 0.416 e. The molecule has 108 valence electrons. The Morgan fingerprint density at radius 3 is 2.85 bits per heavy atom. The fraction of sp³-hybridized carbons (Fsp3) is 0.250. The largest absolute Gasteiger partial charge is 0.503 e. The lowest BCUT2D eigenvalue weighted by Crippen LogP contribution is -2.11. The molecule has 0 bridgehead atoms. The van der Waals surface area contributed by atoms with Crippen molar-refractivity contribution in [2.75, 3.05) is 19.0 Å². The second-order valence-electron chi connectivity index (χ2n) is 3.91. The number of nitrogens with one attached hydrogen (secondary N) is 1. The Kier molecular flexibility index (Phi) is 4.15. The zero-order chi connectivity index (χ0) is 14.8. The summed E-state index contributed by atoms with van der Waals surface area (Å²) in [6.07, 6.45) is -2.93. The molecule has 0 spiro atoms. The Labute approximate surface area is 117 Å². The van der Waals surface area contributed by atoms with Crippen molar-refractivity contribution in [3.05, 3.63) is 35.7 Å². The summed E-state index contributed by atoms with van der Waals surface area (Å²) in [5.41, 5.74) is 5.90. The Bertz CT molecular complexity index is 636. The summed E-state index contributed by atoms with van der Waals surface area (Å²) in [7, 11) is 1.48. The van der Waals surface area contributed by atoms with Gasteiger partial charge in [0.25, 0.3) is 0 Å². The minimum Gasteiger partial charge on any atom is -0.503 e. The molecule has 1 aromatic heterocycles. The van der Waals surface area contributed by atoms with E-state index in [1.165, 1.54) is 19.4 Å². The van der Waals surface area contributed by atoms with E-state index in [9.17, 15) is 13.2 Å². The lowest BCUT2D eigenvalue weighted by atomic mass is 10.2. The van der Waals surface area contributed by atoms with Crippen LogP contribution in [0.3, 0.4) is 0 Å². The number of thiazole rings is 1. The fourth-order valence-electron chi connectivity index (χ4n) is 1.56. The number of aromatic nitrogens is 1. The van der Waals surface area contributed by atoms with Gasteiger partial charge in [0.2, 0.25) is 0 Å². The van der Waals surface area contributed by atoms with Crippen molar-refractivity contribution in [1.82, 2.24) is 4.98 Å². The van der Waals surface area contributed by atoms with Crippen LogP contribution >= 0.6 is 11.3 Å². The predicted molar refractivity (Wildman–Crippen MR) is 72.4 cm³/mol. The summed E-state index contributed by atoms with van der Waals surface area (Å²) in [5, 5.41) is 3.38. The summed E-state index contributed by atoms with van der Waals surface area (Å²) in [5.74, 6) is 0. The number of rotatable bonds is 4. The molecule has 0 saturated heterocycles. The summed E-state index contributed by atoms with van der Waals surface area (Å²) >= 11 is 1.12. The zero-order valence-electron chi connectivity index (χ0n) is 10.5. The number of halogens is 3. The molecule has 0 fully saturated rings. The lowest BCUT2D eigenvalue weighted by Gasteiger charge is -2.04. The monoisotopic (exact) mass is 303 g/mol. The van der Waals surface area contributed by atoms with Crippen LogP contribution in [0.2, 0.25) is 0 Å². The third kappa shape index (κ3) is 3.20. The van der Waals surface area contributed by atoms with Crippen molar-refractivity contribution in [3.63, 3.8) is 0 Å². The summed E-state index contributed by atoms with van der Waals surface area (Å²) < 4.78 is 43.1. The number of nitrogens with two attached hydrogens (primary N) is 1. The molecule has 2 aromatic rings. The Hall–Kier alpha value is -1.80. The van der Waals surface area contributed by atoms with Gasteiger partial charge in [0.15, 0.2) is 5.13 Å². The Morgan fingerprint density at radius 2 is 2.25 bits per heavy atom. The van der Waals surface area contributed by atoms with Crippen LogP contribution in [-0.2, 0) is 10.9 Å². The van der Waals surface area contributed by atoms with Gasteiger partial charge < -0.3 is 15.8 Å². The number of benzene rings is 1. The van der Waals surface area contributed by atoms with Gasteiger partial charge in [-0.25, -0.2) is 4.98 Å². The number of nitrogens with zero attached hydrogens (tertiary/aromatic N) is 1. The number of ether oxygens (including phenoxy) is 1. The van der Waals surface area contributed by atoms with Gasteiger partial charge in [-0.05, 0) is 18.2 Å². The second kappa shape index (κ2) is 5.68. The van der Waals surface area contributed by atoms with Crippen molar-refractivity contribution in [2.24, 2.45) is 5.73 Å². The molecule has 1 heterocycles. The quantitative estimate of drug-likeness (QED) is 0.852. The highest BCUT2D eigenvalue weighted by Gasteiger charge is 2.30. The maximum Gasteiger partial charge on any atom is 0.416 e. The molecule has 4 nitrogen and oxygen atoms in total. The third-order valence-electron chi connectivity index (χ3n) is 2.46. The molecule has 0 aliphatic carbocycles. The number of alkyl halides is 3. The SMILES string of the molecule is CO/C=C(\CN)Nc1nc2ccc(C(F)(F)F)cc2s1. The molecule has 2 rings (SSSR count). The van der Waals surface area contributed by atoms with Crippen LogP contribution in [0.5, 0.6) is 0 Å². The summed E-state index contributed by atoms with van der Waals surface area (Å²) in [6, 6.07) is 3.45. The van der Waals surface area contributed by atoms with Crippen LogP contribution < -0.4 is 11.1 Å². The molecule has 0 unspecified atom stereocenters. The molecule has 0 saturated carbocycles. The van der Waals surface area contributed by atoms with E-state index in [0.29, 0.717) is 21.0 Å². The van der Waals surface area contributed by atoms with E-state index in [1.54, 1.807) is 0 Å². The molecular formula is C12H12F3N3OS. The maximum atomic E-state index is 12.6. The molecule has 0 atom stereocenters. The highest BCUT2D eigenvalue weighted by atomic mass is 32.1. The topological polar surface area (TPSA) is 60.2 Å². The molecule has 3 N–H and O–H groups in total. The highest BCUT2D eigenvalue weighted by Crippen LogP contribution is 2.34. The molecule has 20 heavy (non-hydrogen) atoms. The first kappa shape index (κ1) is 14.6. The molecular weight excluding hydrogens is 291 g/mol. The number of hydrogen-bond acceptors (Lipinski definition) is 5. The summed E-state index contributed by atoms with van der Waals surface area (Å²) in [6.45, 7) is 0.206. The van der Waals surface area contributed by atoms with E-state index in [2.05, 4.69) is 10.3 Å². The first-order valence-electron chi connectivity index (χ1n) is 5.60. The van der Waals surface area contributed by atoms with Gasteiger partial charge in [0.05, 0.1) is 28.6 Å². The minimum atomic E-state index is -4.36. The van der Waals surface area contributed by atoms with Crippen LogP contribution in [0.15, 0.2) is 30.2 Å². The average molecular weight is 303 g/mol. The molecule has 0 aliphatic heterocycles. The molecule has 8 heteroatoms. The third-order valence-corrected chi connectivity index (χ3v) is 3.40. The second-order valence-corrected chi connectivity index (χ2v) is 4.94. The lowest BCUT2D eigenvalue weighted by molar-refractivity contribution is -0.137. The van der Waals surface area contributed by atoms with E-state index in [4.69, 9.17) is 10.5 Å². The summed E-state index contributed by atoms with van der Waals surface area (Å²) in [4.78, 5) is 4.19. The van der Waals surface area contributed by atoms with Crippen LogP contribution in [0.4, 0.5) is 18.3 Å². The van der Waals surface area contributed by atoms with E-state index < -0.39 is 11.7 Å². The van der Waals surface area contributed by atoms with Gasteiger partial charge in [-0.2, -0.15) is 13.2 Å². The first-order chi connectivity index (χ1) is 9.44. The zero-order valence-corrected chi connectivity index (χ0v) is 11.3. The molecule has 0 radical (unpaired) electrons.